The Bertz CT molecular complexity index is 841. The van der Waals surface area contributed by atoms with Crippen molar-refractivity contribution in [3.63, 3.8) is 0 Å². The molecule has 23 heavy (non-hydrogen) atoms. The van der Waals surface area contributed by atoms with E-state index in [0.717, 1.165) is 11.4 Å². The van der Waals surface area contributed by atoms with Gasteiger partial charge in [0, 0.05) is 30.0 Å². The van der Waals surface area contributed by atoms with E-state index >= 15 is 0 Å². The number of nitrogens with one attached hydrogen (secondary N) is 1. The summed E-state index contributed by atoms with van der Waals surface area (Å²) in [7, 11) is 0. The van der Waals surface area contributed by atoms with Crippen molar-refractivity contribution in [3.05, 3.63) is 57.9 Å². The number of benzene rings is 1. The third kappa shape index (κ3) is 2.80. The van der Waals surface area contributed by atoms with Crippen LogP contribution in [0.5, 0.6) is 0 Å². The zero-order valence-electron chi connectivity index (χ0n) is 12.7. The zero-order valence-corrected chi connectivity index (χ0v) is 12.7. The molecule has 0 bridgehead atoms. The van der Waals surface area contributed by atoms with Gasteiger partial charge in [-0.05, 0) is 31.2 Å². The molecule has 3 N–H and O–H groups in total. The standard InChI is InChI=1S/C16H17N5O2/c1-2-20-14(22)7-6-12-9-18-10-21(16(12)20)19-13-5-3-4-11(8-13)15(17)23/h3-9,19H,2,10H2,1H3,(H2,17,23). The Morgan fingerprint density at radius 3 is 2.91 bits per heavy atom. The number of hydrogen-bond acceptors (Lipinski definition) is 5. The number of pyridine rings is 1. The predicted octanol–water partition coefficient (Wildman–Crippen LogP) is 1.19. The van der Waals surface area contributed by atoms with Gasteiger partial charge in [0.25, 0.3) is 5.56 Å². The van der Waals surface area contributed by atoms with Crippen LogP contribution in [0.2, 0.25) is 0 Å². The van der Waals surface area contributed by atoms with E-state index in [1.54, 1.807) is 40.1 Å². The van der Waals surface area contributed by atoms with Crippen LogP contribution in [-0.4, -0.2) is 23.4 Å². The molecule has 0 unspecified atom stereocenters. The van der Waals surface area contributed by atoms with Crippen molar-refractivity contribution in [1.29, 1.82) is 0 Å². The van der Waals surface area contributed by atoms with Crippen LogP contribution in [-0.2, 0) is 6.54 Å². The van der Waals surface area contributed by atoms with E-state index in [2.05, 4.69) is 10.4 Å². The quantitative estimate of drug-likeness (QED) is 0.887. The second kappa shape index (κ2) is 5.96. The van der Waals surface area contributed by atoms with Crippen LogP contribution in [0.1, 0.15) is 22.8 Å². The van der Waals surface area contributed by atoms with Gasteiger partial charge in [0.15, 0.2) is 0 Å². The molecule has 7 heteroatoms. The third-order valence-corrected chi connectivity index (χ3v) is 3.62. The van der Waals surface area contributed by atoms with Gasteiger partial charge in [0.05, 0.1) is 5.69 Å². The summed E-state index contributed by atoms with van der Waals surface area (Å²) in [5.74, 6) is 0.260. The molecule has 1 amide bonds. The highest BCUT2D eigenvalue weighted by Gasteiger charge is 2.19. The summed E-state index contributed by atoms with van der Waals surface area (Å²) in [6, 6.07) is 10.2. The molecule has 0 saturated heterocycles. The van der Waals surface area contributed by atoms with Gasteiger partial charge in [-0.15, -0.1) is 0 Å². The number of carbonyl (C=O) groups is 1. The lowest BCUT2D eigenvalue weighted by atomic mass is 10.2. The summed E-state index contributed by atoms with van der Waals surface area (Å²) in [5.41, 5.74) is 10.4. The van der Waals surface area contributed by atoms with Gasteiger partial charge in [0.1, 0.15) is 12.5 Å². The Labute approximate surface area is 133 Å². The van der Waals surface area contributed by atoms with Gasteiger partial charge in [-0.1, -0.05) is 6.07 Å². The van der Waals surface area contributed by atoms with Crippen LogP contribution in [0.15, 0.2) is 46.2 Å². The van der Waals surface area contributed by atoms with Crippen molar-refractivity contribution in [2.24, 2.45) is 10.7 Å². The minimum atomic E-state index is -0.490. The van der Waals surface area contributed by atoms with Crippen molar-refractivity contribution in [2.45, 2.75) is 13.5 Å². The van der Waals surface area contributed by atoms with E-state index in [4.69, 9.17) is 5.73 Å². The van der Waals surface area contributed by atoms with Crippen molar-refractivity contribution < 1.29 is 4.79 Å². The normalized spacial score (nSPS) is 12.8. The predicted molar refractivity (Wildman–Crippen MR) is 89.9 cm³/mol. The van der Waals surface area contributed by atoms with Crippen molar-refractivity contribution in [2.75, 3.05) is 17.1 Å². The Morgan fingerprint density at radius 2 is 2.17 bits per heavy atom. The van der Waals surface area contributed by atoms with E-state index in [-0.39, 0.29) is 5.56 Å². The highest BCUT2D eigenvalue weighted by molar-refractivity contribution is 5.94. The SMILES string of the molecule is CCn1c2c(ccc1=O)C=NCN2Nc1cccc(C(N)=O)c1. The Kier molecular flexibility index (Phi) is 3.84. The second-order valence-electron chi connectivity index (χ2n) is 5.13. The maximum Gasteiger partial charge on any atom is 0.252 e. The highest BCUT2D eigenvalue weighted by atomic mass is 16.1. The molecule has 0 radical (unpaired) electrons. The molecule has 1 aromatic carbocycles. The summed E-state index contributed by atoms with van der Waals surface area (Å²) in [4.78, 5) is 27.7. The van der Waals surface area contributed by atoms with Gasteiger partial charge in [-0.2, -0.15) is 0 Å². The molecule has 2 heterocycles. The average Bonchev–Trinajstić information content (AvgIpc) is 2.55. The van der Waals surface area contributed by atoms with Crippen LogP contribution in [0.3, 0.4) is 0 Å². The van der Waals surface area contributed by atoms with E-state index in [1.807, 2.05) is 13.0 Å². The molecule has 118 valence electrons. The fourth-order valence-corrected chi connectivity index (χ4v) is 2.57. The summed E-state index contributed by atoms with van der Waals surface area (Å²) >= 11 is 0. The maximum atomic E-state index is 12.1. The van der Waals surface area contributed by atoms with Crippen LogP contribution >= 0.6 is 0 Å². The van der Waals surface area contributed by atoms with Crippen molar-refractivity contribution in [3.8, 4) is 0 Å². The van der Waals surface area contributed by atoms with E-state index in [1.165, 1.54) is 6.07 Å². The number of carbonyl (C=O) groups excluding carboxylic acids is 1. The lowest BCUT2D eigenvalue weighted by Crippen LogP contribution is -2.38. The van der Waals surface area contributed by atoms with Gasteiger partial charge >= 0.3 is 0 Å². The van der Waals surface area contributed by atoms with Crippen molar-refractivity contribution >= 4 is 23.6 Å². The maximum absolute atomic E-state index is 12.1. The minimum absolute atomic E-state index is 0.0702. The summed E-state index contributed by atoms with van der Waals surface area (Å²) in [5, 5.41) is 1.78. The molecule has 7 nitrogen and oxygen atoms in total. The lowest BCUT2D eigenvalue weighted by Gasteiger charge is -2.30. The molecule has 0 atom stereocenters. The first-order valence-corrected chi connectivity index (χ1v) is 7.28. The molecule has 1 aliphatic rings. The molecular formula is C16H17N5O2. The van der Waals surface area contributed by atoms with Gasteiger partial charge in [0.2, 0.25) is 5.91 Å². The number of amides is 1. The molecule has 0 saturated carbocycles. The lowest BCUT2D eigenvalue weighted by molar-refractivity contribution is 0.100. The van der Waals surface area contributed by atoms with E-state index in [9.17, 15) is 9.59 Å². The number of hydrogen-bond donors (Lipinski definition) is 2. The van der Waals surface area contributed by atoms with Crippen LogP contribution in [0, 0.1) is 0 Å². The molecule has 0 fully saturated rings. The van der Waals surface area contributed by atoms with Gasteiger partial charge in [-0.25, -0.2) is 5.01 Å². The molecular weight excluding hydrogens is 294 g/mol. The second-order valence-corrected chi connectivity index (χ2v) is 5.13. The number of nitrogens with zero attached hydrogens (tertiary/aromatic N) is 3. The summed E-state index contributed by atoms with van der Waals surface area (Å²) in [6.07, 6.45) is 1.75. The number of primary amides is 1. The first-order chi connectivity index (χ1) is 11.1. The zero-order chi connectivity index (χ0) is 16.4. The number of nitrogens with two attached hydrogens (primary N) is 1. The largest absolute Gasteiger partial charge is 0.366 e. The molecule has 1 aliphatic heterocycles. The molecule has 1 aromatic heterocycles. The van der Waals surface area contributed by atoms with Gasteiger partial charge < -0.3 is 5.73 Å². The summed E-state index contributed by atoms with van der Waals surface area (Å²) in [6.45, 7) is 2.83. The monoisotopic (exact) mass is 311 g/mol. The molecule has 3 rings (SSSR count). The smallest absolute Gasteiger partial charge is 0.252 e. The minimum Gasteiger partial charge on any atom is -0.366 e. The van der Waals surface area contributed by atoms with E-state index < -0.39 is 5.91 Å². The Morgan fingerprint density at radius 1 is 1.35 bits per heavy atom. The fraction of sp³-hybridized carbons (Fsp3) is 0.188. The fourth-order valence-electron chi connectivity index (χ4n) is 2.57. The van der Waals surface area contributed by atoms with Gasteiger partial charge in [-0.3, -0.25) is 24.6 Å². The molecule has 2 aromatic rings. The number of anilines is 2. The van der Waals surface area contributed by atoms with Crippen molar-refractivity contribution in [1.82, 2.24) is 4.57 Å². The Balaban J connectivity index is 1.99. The summed E-state index contributed by atoms with van der Waals surface area (Å²) < 4.78 is 1.67. The molecule has 0 aliphatic carbocycles. The first-order valence-electron chi connectivity index (χ1n) is 7.28. The topological polar surface area (TPSA) is 92.7 Å². The highest BCUT2D eigenvalue weighted by Crippen LogP contribution is 2.22. The number of aliphatic imine (C=N–C) groups is 1. The number of rotatable bonds is 4. The van der Waals surface area contributed by atoms with Crippen LogP contribution in [0.25, 0.3) is 0 Å². The number of fused-ring (bicyclic) bond motifs is 1. The molecule has 0 spiro atoms. The first kappa shape index (κ1) is 14.8. The van der Waals surface area contributed by atoms with E-state index in [0.29, 0.717) is 24.5 Å². The van der Waals surface area contributed by atoms with Crippen LogP contribution < -0.4 is 21.7 Å². The third-order valence-electron chi connectivity index (χ3n) is 3.62. The Hall–Kier alpha value is -3.09. The van der Waals surface area contributed by atoms with Crippen LogP contribution in [0.4, 0.5) is 11.5 Å². The number of aromatic nitrogens is 1. The number of hydrazine groups is 1. The average molecular weight is 311 g/mol.